The first kappa shape index (κ1) is 10.4. The van der Waals surface area contributed by atoms with Crippen molar-refractivity contribution < 1.29 is 4.79 Å². The number of rotatable bonds is 3. The van der Waals surface area contributed by atoms with Crippen molar-refractivity contribution in [1.82, 2.24) is 20.0 Å². The van der Waals surface area contributed by atoms with E-state index in [0.29, 0.717) is 12.7 Å². The summed E-state index contributed by atoms with van der Waals surface area (Å²) in [6.07, 6.45) is 1.06. The minimum atomic E-state index is 0.307. The molecule has 0 aromatic rings. The van der Waals surface area contributed by atoms with Crippen LogP contribution in [0.25, 0.3) is 0 Å². The molecule has 1 fully saturated rings. The van der Waals surface area contributed by atoms with Crippen LogP contribution in [0.2, 0.25) is 0 Å². The van der Waals surface area contributed by atoms with Crippen LogP contribution in [0.1, 0.15) is 0 Å². The minimum absolute atomic E-state index is 0.307. The third kappa shape index (κ3) is 2.65. The molecule has 0 aromatic heterocycles. The van der Waals surface area contributed by atoms with Crippen molar-refractivity contribution in [1.29, 1.82) is 0 Å². The monoisotopic (exact) mass is 186 g/mol. The minimum Gasteiger partial charge on any atom is -0.356 e. The van der Waals surface area contributed by atoms with Gasteiger partial charge in [0.25, 0.3) is 0 Å². The summed E-state index contributed by atoms with van der Waals surface area (Å²) in [5.74, 6) is 0. The molecule has 1 amide bonds. The molecule has 0 aromatic carbocycles. The number of nitrogens with zero attached hydrogens (tertiary/aromatic N) is 3. The van der Waals surface area contributed by atoms with E-state index < -0.39 is 0 Å². The molecule has 0 unspecified atom stereocenters. The predicted molar refractivity (Wildman–Crippen MR) is 50.9 cm³/mol. The molecule has 76 valence electrons. The number of carbonyl (C=O) groups is 1. The summed E-state index contributed by atoms with van der Waals surface area (Å²) < 4.78 is 0. The Morgan fingerprint density at radius 1 is 1.31 bits per heavy atom. The quantitative estimate of drug-likeness (QED) is 0.561. The fourth-order valence-electron chi connectivity index (χ4n) is 1.80. The van der Waals surface area contributed by atoms with Gasteiger partial charge in [-0.25, -0.2) is 0 Å². The molecule has 0 spiro atoms. The number of carbonyl (C=O) groups excluding carboxylic acids is 1. The van der Waals surface area contributed by atoms with E-state index in [0.717, 1.165) is 19.7 Å². The lowest BCUT2D eigenvalue weighted by atomic mass is 10.3. The molecule has 0 radical (unpaired) electrons. The lowest BCUT2D eigenvalue weighted by molar-refractivity contribution is -0.111. The number of hydrogen-bond donors (Lipinski definition) is 1. The van der Waals surface area contributed by atoms with Crippen LogP contribution in [0.15, 0.2) is 0 Å². The Morgan fingerprint density at radius 2 is 1.85 bits per heavy atom. The van der Waals surface area contributed by atoms with E-state index in [9.17, 15) is 4.79 Å². The summed E-state index contributed by atoms with van der Waals surface area (Å²) in [5.41, 5.74) is 0. The SMILES string of the molecule is CN1CN(C)C(CNC=O)N(C)C1. The van der Waals surface area contributed by atoms with Gasteiger partial charge in [0.2, 0.25) is 6.41 Å². The van der Waals surface area contributed by atoms with Crippen LogP contribution in [0.5, 0.6) is 0 Å². The molecule has 0 atom stereocenters. The van der Waals surface area contributed by atoms with E-state index in [2.05, 4.69) is 41.2 Å². The molecule has 0 aliphatic carbocycles. The number of nitrogens with one attached hydrogen (secondary N) is 1. The first-order valence-corrected chi connectivity index (χ1v) is 4.41. The lowest BCUT2D eigenvalue weighted by Crippen LogP contribution is -2.60. The predicted octanol–water partition coefficient (Wildman–Crippen LogP) is -1.22. The molecule has 1 saturated heterocycles. The molecule has 1 heterocycles. The normalized spacial score (nSPS) is 23.3. The van der Waals surface area contributed by atoms with E-state index in [4.69, 9.17) is 0 Å². The van der Waals surface area contributed by atoms with Crippen LogP contribution < -0.4 is 5.32 Å². The fourth-order valence-corrected chi connectivity index (χ4v) is 1.80. The van der Waals surface area contributed by atoms with E-state index >= 15 is 0 Å². The molecule has 13 heavy (non-hydrogen) atoms. The van der Waals surface area contributed by atoms with Crippen LogP contribution in [0, 0.1) is 0 Å². The second-order valence-electron chi connectivity index (χ2n) is 3.66. The van der Waals surface area contributed by atoms with Gasteiger partial charge in [-0.3, -0.25) is 19.5 Å². The van der Waals surface area contributed by atoms with Crippen molar-refractivity contribution in [2.24, 2.45) is 0 Å². The highest BCUT2D eigenvalue weighted by atomic mass is 16.1. The Bertz CT molecular complexity index is 164. The maximum atomic E-state index is 10.2. The molecule has 0 bridgehead atoms. The summed E-state index contributed by atoms with van der Waals surface area (Å²) in [6, 6.07) is 0. The van der Waals surface area contributed by atoms with Crippen LogP contribution in [-0.2, 0) is 4.79 Å². The molecule has 1 aliphatic heterocycles. The average Bonchev–Trinajstić information content (AvgIpc) is 2.02. The van der Waals surface area contributed by atoms with Gasteiger partial charge in [0, 0.05) is 6.54 Å². The smallest absolute Gasteiger partial charge is 0.207 e. The summed E-state index contributed by atoms with van der Waals surface area (Å²) in [4.78, 5) is 16.8. The first-order valence-electron chi connectivity index (χ1n) is 4.41. The molecule has 5 heteroatoms. The zero-order valence-corrected chi connectivity index (χ0v) is 8.53. The Kier molecular flexibility index (Phi) is 3.65. The van der Waals surface area contributed by atoms with Crippen molar-refractivity contribution in [3.05, 3.63) is 0 Å². The Balaban J connectivity index is 2.46. The van der Waals surface area contributed by atoms with Gasteiger partial charge in [0.05, 0.1) is 19.5 Å². The zero-order chi connectivity index (χ0) is 9.84. The first-order chi connectivity index (χ1) is 6.15. The maximum Gasteiger partial charge on any atom is 0.207 e. The third-order valence-electron chi connectivity index (χ3n) is 2.33. The van der Waals surface area contributed by atoms with Gasteiger partial charge >= 0.3 is 0 Å². The second kappa shape index (κ2) is 4.55. The largest absolute Gasteiger partial charge is 0.356 e. The highest BCUT2D eigenvalue weighted by molar-refractivity contribution is 5.45. The standard InChI is InChI=1S/C8H18N4O/c1-10-6-11(2)8(4-9-5-13)12(3)7-10/h5,8H,4,6-7H2,1-3H3,(H,9,13). The van der Waals surface area contributed by atoms with Crippen molar-refractivity contribution in [3.8, 4) is 0 Å². The molecule has 1 aliphatic rings. The van der Waals surface area contributed by atoms with Gasteiger partial charge in [-0.05, 0) is 21.1 Å². The maximum absolute atomic E-state index is 10.2. The van der Waals surface area contributed by atoms with Crippen molar-refractivity contribution in [2.45, 2.75) is 6.17 Å². The van der Waals surface area contributed by atoms with Crippen LogP contribution in [-0.4, -0.2) is 68.3 Å². The summed E-state index contributed by atoms with van der Waals surface area (Å²) in [7, 11) is 6.20. The highest BCUT2D eigenvalue weighted by Crippen LogP contribution is 2.08. The molecule has 0 saturated carbocycles. The van der Waals surface area contributed by atoms with E-state index in [1.54, 1.807) is 0 Å². The molecular weight excluding hydrogens is 168 g/mol. The van der Waals surface area contributed by atoms with Crippen molar-refractivity contribution >= 4 is 6.41 Å². The van der Waals surface area contributed by atoms with Crippen molar-refractivity contribution in [2.75, 3.05) is 41.0 Å². The highest BCUT2D eigenvalue weighted by Gasteiger charge is 2.25. The van der Waals surface area contributed by atoms with Gasteiger partial charge in [0.1, 0.15) is 0 Å². The summed E-state index contributed by atoms with van der Waals surface area (Å²) in [5, 5.41) is 2.71. The van der Waals surface area contributed by atoms with E-state index in [1.807, 2.05) is 0 Å². The van der Waals surface area contributed by atoms with Crippen LogP contribution in [0.4, 0.5) is 0 Å². The molecule has 1 rings (SSSR count). The molecular formula is C8H18N4O. The second-order valence-corrected chi connectivity index (χ2v) is 3.66. The zero-order valence-electron chi connectivity index (χ0n) is 8.53. The van der Waals surface area contributed by atoms with Crippen LogP contribution >= 0.6 is 0 Å². The third-order valence-corrected chi connectivity index (χ3v) is 2.33. The van der Waals surface area contributed by atoms with Crippen LogP contribution in [0.3, 0.4) is 0 Å². The van der Waals surface area contributed by atoms with E-state index in [-0.39, 0.29) is 0 Å². The van der Waals surface area contributed by atoms with Gasteiger partial charge < -0.3 is 5.32 Å². The average molecular weight is 186 g/mol. The number of likely N-dealkylation sites (N-methyl/N-ethyl adjacent to an activating group) is 2. The number of hydrogen-bond acceptors (Lipinski definition) is 4. The van der Waals surface area contributed by atoms with Crippen molar-refractivity contribution in [3.63, 3.8) is 0 Å². The van der Waals surface area contributed by atoms with Gasteiger partial charge in [-0.15, -0.1) is 0 Å². The van der Waals surface area contributed by atoms with E-state index in [1.165, 1.54) is 0 Å². The van der Waals surface area contributed by atoms with Gasteiger partial charge in [-0.2, -0.15) is 0 Å². The molecule has 1 N–H and O–H groups in total. The fraction of sp³-hybridized carbons (Fsp3) is 0.875. The Hall–Kier alpha value is -0.650. The number of amides is 1. The molecule has 5 nitrogen and oxygen atoms in total. The Labute approximate surface area is 79.3 Å². The van der Waals surface area contributed by atoms with Gasteiger partial charge in [-0.1, -0.05) is 0 Å². The Morgan fingerprint density at radius 3 is 2.31 bits per heavy atom. The summed E-state index contributed by atoms with van der Waals surface area (Å²) in [6.45, 7) is 2.56. The lowest BCUT2D eigenvalue weighted by Gasteiger charge is -2.44. The summed E-state index contributed by atoms with van der Waals surface area (Å²) >= 11 is 0. The van der Waals surface area contributed by atoms with Gasteiger partial charge in [0.15, 0.2) is 0 Å². The topological polar surface area (TPSA) is 38.8 Å².